The first-order valence-corrected chi connectivity index (χ1v) is 7.34. The van der Waals surface area contributed by atoms with Gasteiger partial charge in [0.05, 0.1) is 16.8 Å². The molecule has 2 aromatic heterocycles. The molecule has 3 aromatic rings. The molecule has 0 bridgehead atoms. The number of rotatable bonds is 3. The number of imidazole rings is 1. The highest BCUT2D eigenvalue weighted by molar-refractivity contribution is 6.20. The molecule has 3 rings (SSSR count). The zero-order valence-corrected chi connectivity index (χ0v) is 12.4. The SMILES string of the molecule is CCc1ccc(-c2nc3ccccn3c2C(C)Cl)cc1. The monoisotopic (exact) mass is 284 g/mol. The second kappa shape index (κ2) is 5.29. The van der Waals surface area contributed by atoms with Crippen molar-refractivity contribution in [1.29, 1.82) is 0 Å². The molecule has 3 heteroatoms. The minimum absolute atomic E-state index is 0.0896. The lowest BCUT2D eigenvalue weighted by Gasteiger charge is -2.07. The van der Waals surface area contributed by atoms with Gasteiger partial charge < -0.3 is 4.40 Å². The second-order valence-electron chi connectivity index (χ2n) is 4.94. The number of hydrogen-bond donors (Lipinski definition) is 0. The molecule has 102 valence electrons. The van der Waals surface area contributed by atoms with E-state index in [1.165, 1.54) is 5.56 Å². The van der Waals surface area contributed by atoms with Crippen molar-refractivity contribution in [3.8, 4) is 11.3 Å². The number of aryl methyl sites for hydroxylation is 1. The van der Waals surface area contributed by atoms with Gasteiger partial charge in [0.1, 0.15) is 5.65 Å². The zero-order chi connectivity index (χ0) is 14.1. The highest BCUT2D eigenvalue weighted by Crippen LogP contribution is 2.32. The molecule has 20 heavy (non-hydrogen) atoms. The molecule has 0 radical (unpaired) electrons. The van der Waals surface area contributed by atoms with Gasteiger partial charge in [-0.2, -0.15) is 0 Å². The van der Waals surface area contributed by atoms with Crippen LogP contribution in [0.2, 0.25) is 0 Å². The smallest absolute Gasteiger partial charge is 0.137 e. The van der Waals surface area contributed by atoms with Crippen LogP contribution in [0.4, 0.5) is 0 Å². The van der Waals surface area contributed by atoms with Gasteiger partial charge in [0.2, 0.25) is 0 Å². The average molecular weight is 285 g/mol. The van der Waals surface area contributed by atoms with Gasteiger partial charge in [0.15, 0.2) is 0 Å². The van der Waals surface area contributed by atoms with Crippen LogP contribution in [0.3, 0.4) is 0 Å². The van der Waals surface area contributed by atoms with E-state index in [0.717, 1.165) is 29.0 Å². The van der Waals surface area contributed by atoms with Crippen molar-refractivity contribution < 1.29 is 0 Å². The van der Waals surface area contributed by atoms with E-state index in [1.54, 1.807) is 0 Å². The van der Waals surface area contributed by atoms with Crippen LogP contribution in [0.15, 0.2) is 48.7 Å². The normalized spacial score (nSPS) is 12.8. The second-order valence-corrected chi connectivity index (χ2v) is 5.60. The molecule has 0 spiro atoms. The predicted octanol–water partition coefficient (Wildman–Crippen LogP) is 4.86. The van der Waals surface area contributed by atoms with Crippen LogP contribution in [0.5, 0.6) is 0 Å². The summed E-state index contributed by atoms with van der Waals surface area (Å²) in [6.45, 7) is 4.15. The summed E-state index contributed by atoms with van der Waals surface area (Å²) in [6.07, 6.45) is 3.06. The van der Waals surface area contributed by atoms with Crippen LogP contribution in [-0.4, -0.2) is 9.38 Å². The van der Waals surface area contributed by atoms with Crippen LogP contribution < -0.4 is 0 Å². The minimum Gasteiger partial charge on any atom is -0.302 e. The summed E-state index contributed by atoms with van der Waals surface area (Å²) in [7, 11) is 0. The molecule has 0 aliphatic heterocycles. The average Bonchev–Trinajstić information content (AvgIpc) is 2.86. The number of nitrogens with zero attached hydrogens (tertiary/aromatic N) is 2. The quantitative estimate of drug-likeness (QED) is 0.628. The molecule has 1 unspecified atom stereocenters. The maximum Gasteiger partial charge on any atom is 0.137 e. The van der Waals surface area contributed by atoms with E-state index in [-0.39, 0.29) is 5.38 Å². The number of benzene rings is 1. The predicted molar refractivity (Wildman–Crippen MR) is 84.3 cm³/mol. The van der Waals surface area contributed by atoms with Crippen LogP contribution in [0.1, 0.15) is 30.5 Å². The van der Waals surface area contributed by atoms with Crippen molar-refractivity contribution in [3.63, 3.8) is 0 Å². The number of aromatic nitrogens is 2. The Balaban J connectivity index is 2.21. The third-order valence-corrected chi connectivity index (χ3v) is 3.79. The number of fused-ring (bicyclic) bond motifs is 1. The zero-order valence-electron chi connectivity index (χ0n) is 11.7. The molecular weight excluding hydrogens is 268 g/mol. The Labute approximate surface area is 124 Å². The highest BCUT2D eigenvalue weighted by Gasteiger charge is 2.17. The molecule has 1 aromatic carbocycles. The molecule has 2 heterocycles. The maximum atomic E-state index is 6.38. The molecule has 0 saturated heterocycles. The molecular formula is C17H17ClN2. The summed E-state index contributed by atoms with van der Waals surface area (Å²) in [4.78, 5) is 4.74. The molecule has 0 fully saturated rings. The van der Waals surface area contributed by atoms with Crippen molar-refractivity contribution >= 4 is 17.2 Å². The Bertz CT molecular complexity index is 726. The van der Waals surface area contributed by atoms with E-state index < -0.39 is 0 Å². The fourth-order valence-corrected chi connectivity index (χ4v) is 2.71. The van der Waals surface area contributed by atoms with Crippen LogP contribution in [-0.2, 0) is 6.42 Å². The Morgan fingerprint density at radius 2 is 1.90 bits per heavy atom. The molecule has 0 aliphatic rings. The first kappa shape index (κ1) is 13.2. The highest BCUT2D eigenvalue weighted by atomic mass is 35.5. The van der Waals surface area contributed by atoms with Gasteiger partial charge in [-0.15, -0.1) is 11.6 Å². The van der Waals surface area contributed by atoms with E-state index in [0.29, 0.717) is 0 Å². The number of halogens is 1. The Hall–Kier alpha value is -1.80. The van der Waals surface area contributed by atoms with Crippen molar-refractivity contribution in [2.24, 2.45) is 0 Å². The Kier molecular flexibility index (Phi) is 3.49. The first-order valence-electron chi connectivity index (χ1n) is 6.91. The first-order chi connectivity index (χ1) is 9.70. The molecule has 0 amide bonds. The fourth-order valence-electron chi connectivity index (χ4n) is 2.51. The summed E-state index contributed by atoms with van der Waals surface area (Å²) in [5.41, 5.74) is 5.41. The van der Waals surface area contributed by atoms with Crippen LogP contribution in [0.25, 0.3) is 16.9 Å². The molecule has 0 saturated carbocycles. The lowest BCUT2D eigenvalue weighted by molar-refractivity contribution is 0.965. The molecule has 0 aliphatic carbocycles. The topological polar surface area (TPSA) is 17.3 Å². The lowest BCUT2D eigenvalue weighted by Crippen LogP contribution is -1.95. The standard InChI is InChI=1S/C17H17ClN2/c1-3-13-7-9-14(10-8-13)16-17(12(2)18)20-11-5-4-6-15(20)19-16/h4-12H,3H2,1-2H3. The van der Waals surface area contributed by atoms with Gasteiger partial charge in [-0.25, -0.2) is 4.98 Å². The maximum absolute atomic E-state index is 6.38. The number of pyridine rings is 1. The summed E-state index contributed by atoms with van der Waals surface area (Å²) in [6, 6.07) is 14.6. The van der Waals surface area contributed by atoms with Gasteiger partial charge in [0, 0.05) is 11.8 Å². The fraction of sp³-hybridized carbons (Fsp3) is 0.235. The Morgan fingerprint density at radius 3 is 2.55 bits per heavy atom. The van der Waals surface area contributed by atoms with Gasteiger partial charge in [-0.05, 0) is 31.0 Å². The third kappa shape index (κ3) is 2.20. The third-order valence-electron chi connectivity index (χ3n) is 3.58. The minimum atomic E-state index is -0.0896. The van der Waals surface area contributed by atoms with E-state index in [2.05, 4.69) is 35.6 Å². The summed E-state index contributed by atoms with van der Waals surface area (Å²) < 4.78 is 2.07. The van der Waals surface area contributed by atoms with E-state index in [1.807, 2.05) is 31.3 Å². The van der Waals surface area contributed by atoms with Crippen molar-refractivity contribution in [3.05, 3.63) is 59.9 Å². The van der Waals surface area contributed by atoms with Gasteiger partial charge in [0.25, 0.3) is 0 Å². The lowest BCUT2D eigenvalue weighted by atomic mass is 10.1. The van der Waals surface area contributed by atoms with Crippen molar-refractivity contribution in [1.82, 2.24) is 9.38 Å². The van der Waals surface area contributed by atoms with E-state index in [4.69, 9.17) is 16.6 Å². The molecule has 2 nitrogen and oxygen atoms in total. The largest absolute Gasteiger partial charge is 0.302 e. The molecule has 1 atom stereocenters. The van der Waals surface area contributed by atoms with Crippen LogP contribution in [0, 0.1) is 0 Å². The van der Waals surface area contributed by atoms with Crippen molar-refractivity contribution in [2.45, 2.75) is 25.6 Å². The van der Waals surface area contributed by atoms with Crippen LogP contribution >= 0.6 is 11.6 Å². The van der Waals surface area contributed by atoms with Crippen molar-refractivity contribution in [2.75, 3.05) is 0 Å². The number of hydrogen-bond acceptors (Lipinski definition) is 1. The summed E-state index contributed by atoms with van der Waals surface area (Å²) in [5.74, 6) is 0. The van der Waals surface area contributed by atoms with Gasteiger partial charge >= 0.3 is 0 Å². The molecule has 0 N–H and O–H groups in total. The Morgan fingerprint density at radius 1 is 1.15 bits per heavy atom. The van der Waals surface area contributed by atoms with E-state index >= 15 is 0 Å². The van der Waals surface area contributed by atoms with Gasteiger partial charge in [-0.3, -0.25) is 0 Å². The summed E-state index contributed by atoms with van der Waals surface area (Å²) >= 11 is 6.38. The van der Waals surface area contributed by atoms with E-state index in [9.17, 15) is 0 Å². The number of alkyl halides is 1. The van der Waals surface area contributed by atoms with Gasteiger partial charge in [-0.1, -0.05) is 37.3 Å². The summed E-state index contributed by atoms with van der Waals surface area (Å²) in [5, 5.41) is -0.0896.